The van der Waals surface area contributed by atoms with E-state index in [1.54, 1.807) is 0 Å². The van der Waals surface area contributed by atoms with E-state index in [-0.39, 0.29) is 5.54 Å². The summed E-state index contributed by atoms with van der Waals surface area (Å²) in [6.45, 7) is 8.03. The molecule has 94 valence electrons. The van der Waals surface area contributed by atoms with E-state index in [1.165, 1.54) is 18.7 Å². The van der Waals surface area contributed by atoms with Crippen molar-refractivity contribution in [1.82, 2.24) is 19.7 Å². The second kappa shape index (κ2) is 3.78. The molecule has 0 unspecified atom stereocenters. The van der Waals surface area contributed by atoms with Crippen LogP contribution in [0.25, 0.3) is 0 Å². The molecular formula is C12H21N5. The summed E-state index contributed by atoms with van der Waals surface area (Å²) in [6, 6.07) is 0. The first kappa shape index (κ1) is 11.2. The van der Waals surface area contributed by atoms with Gasteiger partial charge in [0.1, 0.15) is 11.6 Å². The average Bonchev–Trinajstić information content (AvgIpc) is 2.97. The molecule has 0 amide bonds. The van der Waals surface area contributed by atoms with Crippen LogP contribution in [0.5, 0.6) is 0 Å². The quantitative estimate of drug-likeness (QED) is 0.838. The summed E-state index contributed by atoms with van der Waals surface area (Å²) < 4.78 is 2.32. The van der Waals surface area contributed by atoms with Crippen LogP contribution in [0.3, 0.4) is 0 Å². The molecule has 0 atom stereocenters. The normalized spacial score (nSPS) is 21.6. The molecule has 5 heteroatoms. The van der Waals surface area contributed by atoms with E-state index in [0.717, 1.165) is 32.0 Å². The van der Waals surface area contributed by atoms with Crippen LogP contribution in [0, 0.1) is 0 Å². The molecule has 0 aromatic carbocycles. The number of rotatable bonds is 3. The first-order valence-corrected chi connectivity index (χ1v) is 6.46. The third-order valence-corrected chi connectivity index (χ3v) is 3.43. The van der Waals surface area contributed by atoms with E-state index in [0.29, 0.717) is 5.92 Å². The molecule has 0 saturated heterocycles. The highest BCUT2D eigenvalue weighted by molar-refractivity contribution is 5.09. The van der Waals surface area contributed by atoms with Crippen LogP contribution in [-0.4, -0.2) is 38.3 Å². The molecule has 2 N–H and O–H groups in total. The lowest BCUT2D eigenvalue weighted by molar-refractivity contribution is 0.180. The molecule has 1 aromatic rings. The van der Waals surface area contributed by atoms with E-state index in [4.69, 9.17) is 5.73 Å². The summed E-state index contributed by atoms with van der Waals surface area (Å²) in [5.41, 5.74) is 5.93. The van der Waals surface area contributed by atoms with Gasteiger partial charge in [0, 0.05) is 31.1 Å². The van der Waals surface area contributed by atoms with Crippen LogP contribution < -0.4 is 5.73 Å². The highest BCUT2D eigenvalue weighted by Gasteiger charge is 2.32. The lowest BCUT2D eigenvalue weighted by atomic mass is 10.1. The molecule has 0 radical (unpaired) electrons. The Morgan fingerprint density at radius 1 is 1.29 bits per heavy atom. The van der Waals surface area contributed by atoms with E-state index < -0.39 is 0 Å². The second-order valence-electron chi connectivity index (χ2n) is 6.10. The van der Waals surface area contributed by atoms with Gasteiger partial charge in [0.25, 0.3) is 0 Å². The van der Waals surface area contributed by atoms with Crippen LogP contribution in [0.2, 0.25) is 0 Å². The minimum Gasteiger partial charge on any atom is -0.324 e. The van der Waals surface area contributed by atoms with Crippen LogP contribution in [0.15, 0.2) is 0 Å². The predicted octanol–water partition coefficient (Wildman–Crippen LogP) is 0.708. The average molecular weight is 235 g/mol. The van der Waals surface area contributed by atoms with E-state index in [2.05, 4.69) is 33.5 Å². The number of hydrogen-bond donors (Lipinski definition) is 1. The Bertz CT molecular complexity index is 413. The Kier molecular flexibility index (Phi) is 2.48. The van der Waals surface area contributed by atoms with Gasteiger partial charge in [0.2, 0.25) is 0 Å². The molecule has 5 nitrogen and oxygen atoms in total. The predicted molar refractivity (Wildman–Crippen MR) is 65.5 cm³/mol. The van der Waals surface area contributed by atoms with Crippen molar-refractivity contribution in [2.24, 2.45) is 5.73 Å². The summed E-state index contributed by atoms with van der Waals surface area (Å²) in [4.78, 5) is 2.38. The Hall–Kier alpha value is -0.940. The molecule has 1 aliphatic heterocycles. The Morgan fingerprint density at radius 3 is 2.71 bits per heavy atom. The van der Waals surface area contributed by atoms with Gasteiger partial charge >= 0.3 is 0 Å². The summed E-state index contributed by atoms with van der Waals surface area (Å²) in [7, 11) is 0. The highest BCUT2D eigenvalue weighted by atomic mass is 15.3. The third kappa shape index (κ3) is 2.35. The van der Waals surface area contributed by atoms with Crippen molar-refractivity contribution in [3.63, 3.8) is 0 Å². The largest absolute Gasteiger partial charge is 0.324 e. The zero-order chi connectivity index (χ0) is 12.0. The third-order valence-electron chi connectivity index (χ3n) is 3.43. The van der Waals surface area contributed by atoms with Gasteiger partial charge in [-0.05, 0) is 26.7 Å². The topological polar surface area (TPSA) is 60.0 Å². The maximum Gasteiger partial charge on any atom is 0.147 e. The Morgan fingerprint density at radius 2 is 2.06 bits per heavy atom. The summed E-state index contributed by atoms with van der Waals surface area (Å²) in [5, 5.41) is 8.67. The van der Waals surface area contributed by atoms with Crippen LogP contribution >= 0.6 is 0 Å². The molecule has 1 fully saturated rings. The van der Waals surface area contributed by atoms with E-state index in [9.17, 15) is 0 Å². The molecule has 2 aliphatic rings. The number of nitrogens with two attached hydrogens (primary N) is 1. The fourth-order valence-corrected chi connectivity index (χ4v) is 2.59. The van der Waals surface area contributed by atoms with Crippen LogP contribution in [0.4, 0.5) is 0 Å². The number of fused-ring (bicyclic) bond motifs is 1. The van der Waals surface area contributed by atoms with Crippen molar-refractivity contribution in [1.29, 1.82) is 0 Å². The molecule has 2 heterocycles. The van der Waals surface area contributed by atoms with Crippen LogP contribution in [-0.2, 0) is 13.1 Å². The zero-order valence-corrected chi connectivity index (χ0v) is 10.7. The van der Waals surface area contributed by atoms with E-state index >= 15 is 0 Å². The number of aromatic nitrogens is 3. The van der Waals surface area contributed by atoms with E-state index in [1.807, 2.05) is 0 Å². The second-order valence-corrected chi connectivity index (χ2v) is 6.10. The van der Waals surface area contributed by atoms with Gasteiger partial charge in [-0.1, -0.05) is 0 Å². The Balaban J connectivity index is 1.73. The van der Waals surface area contributed by atoms with Gasteiger partial charge in [-0.15, -0.1) is 10.2 Å². The first-order chi connectivity index (χ1) is 8.03. The van der Waals surface area contributed by atoms with Gasteiger partial charge in [-0.25, -0.2) is 0 Å². The molecule has 1 saturated carbocycles. The smallest absolute Gasteiger partial charge is 0.147 e. The molecule has 0 spiro atoms. The number of nitrogens with zero attached hydrogens (tertiary/aromatic N) is 4. The molecule has 1 aromatic heterocycles. The van der Waals surface area contributed by atoms with Crippen LogP contribution in [0.1, 0.15) is 44.3 Å². The summed E-state index contributed by atoms with van der Waals surface area (Å²) in [6.07, 6.45) is 2.58. The lowest BCUT2D eigenvalue weighted by Gasteiger charge is -2.32. The van der Waals surface area contributed by atoms with Gasteiger partial charge in [-0.3, -0.25) is 4.90 Å². The molecule has 0 bridgehead atoms. The fraction of sp³-hybridized carbons (Fsp3) is 0.833. The standard InChI is InChI=1S/C12H21N5/c1-12(2,13)8-16-5-6-17-10(7-16)14-15-11(17)9-3-4-9/h9H,3-8,13H2,1-2H3. The van der Waals surface area contributed by atoms with Gasteiger partial charge in [-0.2, -0.15) is 0 Å². The molecule has 3 rings (SSSR count). The van der Waals surface area contributed by atoms with Gasteiger partial charge in [0.15, 0.2) is 0 Å². The molecular weight excluding hydrogens is 214 g/mol. The minimum absolute atomic E-state index is 0.137. The summed E-state index contributed by atoms with van der Waals surface area (Å²) >= 11 is 0. The van der Waals surface area contributed by atoms with Crippen molar-refractivity contribution in [2.75, 3.05) is 13.1 Å². The zero-order valence-electron chi connectivity index (χ0n) is 10.7. The maximum atomic E-state index is 6.07. The lowest BCUT2D eigenvalue weighted by Crippen LogP contribution is -2.47. The SMILES string of the molecule is CC(C)(N)CN1CCn2c(nnc2C2CC2)C1. The first-order valence-electron chi connectivity index (χ1n) is 6.46. The summed E-state index contributed by atoms with van der Waals surface area (Å²) in [5.74, 6) is 3.02. The number of hydrogen-bond acceptors (Lipinski definition) is 4. The molecule has 17 heavy (non-hydrogen) atoms. The minimum atomic E-state index is -0.137. The monoisotopic (exact) mass is 235 g/mol. The van der Waals surface area contributed by atoms with Crippen molar-refractivity contribution < 1.29 is 0 Å². The van der Waals surface area contributed by atoms with Crippen molar-refractivity contribution in [3.8, 4) is 0 Å². The van der Waals surface area contributed by atoms with Gasteiger partial charge in [0.05, 0.1) is 6.54 Å². The van der Waals surface area contributed by atoms with Crippen molar-refractivity contribution in [3.05, 3.63) is 11.6 Å². The van der Waals surface area contributed by atoms with Gasteiger partial charge < -0.3 is 10.3 Å². The van der Waals surface area contributed by atoms with Crippen molar-refractivity contribution >= 4 is 0 Å². The Labute approximate surface area is 102 Å². The van der Waals surface area contributed by atoms with Crippen molar-refractivity contribution in [2.45, 2.75) is 51.2 Å². The fourth-order valence-electron chi connectivity index (χ4n) is 2.59. The maximum absolute atomic E-state index is 6.07. The molecule has 1 aliphatic carbocycles. The highest BCUT2D eigenvalue weighted by Crippen LogP contribution is 2.39.